The molecule has 0 bridgehead atoms. The summed E-state index contributed by atoms with van der Waals surface area (Å²) < 4.78 is 27.7. The largest absolute Gasteiger partial charge is 0.478 e. The van der Waals surface area contributed by atoms with Gasteiger partial charge in [0.2, 0.25) is 0 Å². The molecule has 0 saturated heterocycles. The lowest BCUT2D eigenvalue weighted by Gasteiger charge is -2.22. The summed E-state index contributed by atoms with van der Waals surface area (Å²) >= 11 is 0. The molecule has 6 nitrogen and oxygen atoms in total. The molecule has 0 saturated carbocycles. The van der Waals surface area contributed by atoms with Crippen LogP contribution in [0.1, 0.15) is 29.8 Å². The number of hydrogen-bond acceptors (Lipinski definition) is 3. The summed E-state index contributed by atoms with van der Waals surface area (Å²) in [5.41, 5.74) is 0.732. The highest BCUT2D eigenvalue weighted by atomic mass is 32.2. The van der Waals surface area contributed by atoms with Gasteiger partial charge in [0.15, 0.2) is 0 Å². The van der Waals surface area contributed by atoms with E-state index in [1.54, 1.807) is 20.8 Å². The number of aromatic carboxylic acids is 1. The summed E-state index contributed by atoms with van der Waals surface area (Å²) in [4.78, 5) is 11.0. The molecule has 0 aliphatic carbocycles. The van der Waals surface area contributed by atoms with Gasteiger partial charge in [-0.15, -0.1) is 0 Å². The van der Waals surface area contributed by atoms with Gasteiger partial charge in [0, 0.05) is 13.1 Å². The second-order valence-electron chi connectivity index (χ2n) is 4.50. The normalized spacial score (nSPS) is 11.9. The van der Waals surface area contributed by atoms with E-state index in [0.717, 1.165) is 0 Å². The Hall–Kier alpha value is -1.60. The summed E-state index contributed by atoms with van der Waals surface area (Å²) in [6.07, 6.45) is 0. The molecule has 1 aromatic rings. The smallest absolute Gasteiger partial charge is 0.336 e. The van der Waals surface area contributed by atoms with E-state index in [0.29, 0.717) is 5.56 Å². The number of carbonyl (C=O) groups is 1. The zero-order valence-corrected chi connectivity index (χ0v) is 12.2. The predicted molar refractivity (Wildman–Crippen MR) is 73.6 cm³/mol. The van der Waals surface area contributed by atoms with Crippen LogP contribution < -0.4 is 4.72 Å². The van der Waals surface area contributed by atoms with Crippen molar-refractivity contribution in [1.29, 1.82) is 0 Å². The molecular weight excluding hydrogens is 268 g/mol. The van der Waals surface area contributed by atoms with Crippen LogP contribution in [-0.2, 0) is 10.2 Å². The highest BCUT2D eigenvalue weighted by Gasteiger charge is 2.22. The molecule has 0 aliphatic rings. The minimum atomic E-state index is -3.69. The van der Waals surface area contributed by atoms with Crippen molar-refractivity contribution in [2.45, 2.75) is 26.8 Å². The highest BCUT2D eigenvalue weighted by Crippen LogP contribution is 2.21. The molecule has 19 heavy (non-hydrogen) atoms. The van der Waals surface area contributed by atoms with E-state index in [2.05, 4.69) is 4.72 Å². The first-order valence-corrected chi connectivity index (χ1v) is 7.19. The monoisotopic (exact) mass is 286 g/mol. The van der Waals surface area contributed by atoms with E-state index >= 15 is 0 Å². The fourth-order valence-corrected chi connectivity index (χ4v) is 2.66. The predicted octanol–water partition coefficient (Wildman–Crippen LogP) is 1.69. The maximum absolute atomic E-state index is 12.0. The molecule has 0 radical (unpaired) electrons. The number of rotatable bonds is 5. The number of anilines is 1. The zero-order valence-electron chi connectivity index (χ0n) is 11.3. The molecular formula is C12H18N2O4S. The molecule has 7 heteroatoms. The van der Waals surface area contributed by atoms with Gasteiger partial charge in [-0.05, 0) is 38.5 Å². The Balaban J connectivity index is 3.14. The molecule has 2 N–H and O–H groups in total. The standard InChI is InChI=1S/C12H18N2O4S/c1-8(2)14(4)19(17,18)13-11-7-5-6-10(9(11)3)12(15)16/h5-8,13H,1-4H3,(H,15,16). The van der Waals surface area contributed by atoms with Crippen molar-refractivity contribution in [1.82, 2.24) is 4.31 Å². The van der Waals surface area contributed by atoms with Crippen LogP contribution in [-0.4, -0.2) is 36.9 Å². The molecule has 0 heterocycles. The maximum Gasteiger partial charge on any atom is 0.336 e. The van der Waals surface area contributed by atoms with Gasteiger partial charge in [-0.1, -0.05) is 6.07 Å². The number of nitrogens with one attached hydrogen (secondary N) is 1. The molecule has 1 aromatic carbocycles. The molecule has 0 unspecified atom stereocenters. The van der Waals surface area contributed by atoms with E-state index in [9.17, 15) is 13.2 Å². The summed E-state index contributed by atoms with van der Waals surface area (Å²) in [6, 6.07) is 4.28. The number of hydrogen-bond donors (Lipinski definition) is 2. The fourth-order valence-electron chi connectivity index (χ4n) is 1.47. The molecule has 0 aliphatic heterocycles. The van der Waals surface area contributed by atoms with Gasteiger partial charge in [-0.2, -0.15) is 12.7 Å². The van der Waals surface area contributed by atoms with Crippen LogP contribution in [0.2, 0.25) is 0 Å². The Morgan fingerprint density at radius 2 is 1.95 bits per heavy atom. The van der Waals surface area contributed by atoms with Crippen molar-refractivity contribution in [2.24, 2.45) is 0 Å². The van der Waals surface area contributed by atoms with Crippen LogP contribution in [0.5, 0.6) is 0 Å². The van der Waals surface area contributed by atoms with Crippen molar-refractivity contribution < 1.29 is 18.3 Å². The highest BCUT2D eigenvalue weighted by molar-refractivity contribution is 7.90. The average molecular weight is 286 g/mol. The van der Waals surface area contributed by atoms with Gasteiger partial charge in [-0.3, -0.25) is 4.72 Å². The van der Waals surface area contributed by atoms with E-state index in [1.165, 1.54) is 29.6 Å². The van der Waals surface area contributed by atoms with Gasteiger partial charge >= 0.3 is 16.2 Å². The van der Waals surface area contributed by atoms with Crippen LogP contribution in [0.3, 0.4) is 0 Å². The van der Waals surface area contributed by atoms with Crippen molar-refractivity contribution in [3.8, 4) is 0 Å². The number of carboxylic acid groups (broad SMARTS) is 1. The van der Waals surface area contributed by atoms with Crippen molar-refractivity contribution >= 4 is 21.9 Å². The third-order valence-corrected chi connectivity index (χ3v) is 4.57. The van der Waals surface area contributed by atoms with Gasteiger partial charge in [-0.25, -0.2) is 4.79 Å². The lowest BCUT2D eigenvalue weighted by molar-refractivity contribution is 0.0696. The second kappa shape index (κ2) is 5.58. The first-order valence-electron chi connectivity index (χ1n) is 5.75. The molecule has 106 valence electrons. The first kappa shape index (κ1) is 15.5. The van der Waals surface area contributed by atoms with Gasteiger partial charge in [0.05, 0.1) is 11.3 Å². The van der Waals surface area contributed by atoms with E-state index in [1.807, 2.05) is 0 Å². The Labute approximate surface area is 113 Å². The molecule has 1 rings (SSSR count). The Morgan fingerprint density at radius 3 is 2.42 bits per heavy atom. The van der Waals surface area contributed by atoms with E-state index in [4.69, 9.17) is 5.11 Å². The van der Waals surface area contributed by atoms with E-state index < -0.39 is 16.2 Å². The third kappa shape index (κ3) is 3.45. The lowest BCUT2D eigenvalue weighted by Crippen LogP contribution is -2.37. The van der Waals surface area contributed by atoms with Crippen LogP contribution in [0.25, 0.3) is 0 Å². The quantitative estimate of drug-likeness (QED) is 0.862. The van der Waals surface area contributed by atoms with Crippen LogP contribution in [0.15, 0.2) is 18.2 Å². The van der Waals surface area contributed by atoms with Gasteiger partial charge in [0.1, 0.15) is 0 Å². The topological polar surface area (TPSA) is 86.7 Å². The summed E-state index contributed by atoms with van der Waals surface area (Å²) in [5.74, 6) is -1.09. The minimum absolute atomic E-state index is 0.0763. The number of benzene rings is 1. The van der Waals surface area contributed by atoms with Crippen molar-refractivity contribution in [2.75, 3.05) is 11.8 Å². The lowest BCUT2D eigenvalue weighted by atomic mass is 10.1. The molecule has 0 spiro atoms. The average Bonchev–Trinajstić information content (AvgIpc) is 2.30. The summed E-state index contributed by atoms with van der Waals surface area (Å²) in [5, 5.41) is 9.00. The zero-order chi connectivity index (χ0) is 14.8. The summed E-state index contributed by atoms with van der Waals surface area (Å²) in [6.45, 7) is 5.07. The summed E-state index contributed by atoms with van der Waals surface area (Å²) in [7, 11) is -2.23. The molecule has 0 amide bonds. The first-order chi connectivity index (χ1) is 8.66. The van der Waals surface area contributed by atoms with Crippen LogP contribution >= 0.6 is 0 Å². The third-order valence-electron chi connectivity index (χ3n) is 2.91. The SMILES string of the molecule is Cc1c(NS(=O)(=O)N(C)C(C)C)cccc1C(=O)O. The van der Waals surface area contributed by atoms with E-state index in [-0.39, 0.29) is 17.3 Å². The fraction of sp³-hybridized carbons (Fsp3) is 0.417. The van der Waals surface area contributed by atoms with Crippen LogP contribution in [0, 0.1) is 6.92 Å². The van der Waals surface area contributed by atoms with Crippen molar-refractivity contribution in [3.63, 3.8) is 0 Å². The van der Waals surface area contributed by atoms with Gasteiger partial charge in [0.25, 0.3) is 0 Å². The Bertz CT molecular complexity index is 581. The minimum Gasteiger partial charge on any atom is -0.478 e. The second-order valence-corrected chi connectivity index (χ2v) is 6.23. The number of carboxylic acids is 1. The van der Waals surface area contributed by atoms with Crippen LogP contribution in [0.4, 0.5) is 5.69 Å². The molecule has 0 aromatic heterocycles. The number of nitrogens with zero attached hydrogens (tertiary/aromatic N) is 1. The van der Waals surface area contributed by atoms with Crippen molar-refractivity contribution in [3.05, 3.63) is 29.3 Å². The Kier molecular flexibility index (Phi) is 4.54. The maximum atomic E-state index is 12.0. The molecule has 0 atom stereocenters. The Morgan fingerprint density at radius 1 is 1.37 bits per heavy atom. The molecule has 0 fully saturated rings. The van der Waals surface area contributed by atoms with Gasteiger partial charge < -0.3 is 5.11 Å².